The number of benzene rings is 1. The molecule has 0 fully saturated rings. The summed E-state index contributed by atoms with van der Waals surface area (Å²) in [6.07, 6.45) is 2.29. The Hall–Kier alpha value is -2.87. The van der Waals surface area contributed by atoms with Gasteiger partial charge < -0.3 is 26.5 Å². The Bertz CT molecular complexity index is 890. The quantitative estimate of drug-likeness (QED) is 0.402. The van der Waals surface area contributed by atoms with Gasteiger partial charge in [-0.2, -0.15) is 0 Å². The summed E-state index contributed by atoms with van der Waals surface area (Å²) in [7, 11) is 0. The number of carboxylic acid groups (broad SMARTS) is 1. The number of nitrogens with one attached hydrogen (secondary N) is 3. The largest absolute Gasteiger partial charge is 0.480 e. The first-order valence-corrected chi connectivity index (χ1v) is 10.2. The molecule has 30 heavy (non-hydrogen) atoms. The van der Waals surface area contributed by atoms with Crippen LogP contribution in [0.3, 0.4) is 0 Å². The Kier molecular flexibility index (Phi) is 8.00. The molecule has 0 radical (unpaired) electrons. The minimum absolute atomic E-state index is 0.0856. The number of amides is 2. The molecule has 0 spiro atoms. The van der Waals surface area contributed by atoms with Gasteiger partial charge in [0.15, 0.2) is 0 Å². The summed E-state index contributed by atoms with van der Waals surface area (Å²) in [6, 6.07) is 4.90. The van der Waals surface area contributed by atoms with E-state index in [2.05, 4.69) is 15.6 Å². The second-order valence-electron chi connectivity index (χ2n) is 8.42. The molecule has 0 saturated carbocycles. The molecule has 0 bridgehead atoms. The molecule has 164 valence electrons. The molecule has 8 heteroatoms. The zero-order valence-electron chi connectivity index (χ0n) is 17.9. The summed E-state index contributed by atoms with van der Waals surface area (Å²) in [5.74, 6) is -2.11. The zero-order chi connectivity index (χ0) is 22.4. The first-order chi connectivity index (χ1) is 14.1. The second kappa shape index (κ2) is 10.2. The molecule has 8 nitrogen and oxygen atoms in total. The van der Waals surface area contributed by atoms with Gasteiger partial charge in [0.25, 0.3) is 0 Å². The van der Waals surface area contributed by atoms with Gasteiger partial charge in [-0.15, -0.1) is 0 Å². The van der Waals surface area contributed by atoms with E-state index in [4.69, 9.17) is 5.73 Å². The van der Waals surface area contributed by atoms with Crippen LogP contribution in [-0.4, -0.2) is 46.0 Å². The molecule has 1 aromatic carbocycles. The average molecular weight is 417 g/mol. The monoisotopic (exact) mass is 416 g/mol. The van der Waals surface area contributed by atoms with Crippen LogP contribution in [0.4, 0.5) is 0 Å². The first-order valence-electron chi connectivity index (χ1n) is 10.2. The van der Waals surface area contributed by atoms with Gasteiger partial charge in [0.2, 0.25) is 11.8 Å². The van der Waals surface area contributed by atoms with Gasteiger partial charge in [-0.25, -0.2) is 4.79 Å². The van der Waals surface area contributed by atoms with E-state index in [1.165, 1.54) is 0 Å². The molecule has 0 aliphatic rings. The average Bonchev–Trinajstić information content (AvgIpc) is 3.08. The lowest BCUT2D eigenvalue weighted by Gasteiger charge is -2.24. The van der Waals surface area contributed by atoms with Gasteiger partial charge in [0.1, 0.15) is 12.1 Å². The predicted molar refractivity (Wildman–Crippen MR) is 116 cm³/mol. The first kappa shape index (κ1) is 23.4. The highest BCUT2D eigenvalue weighted by Gasteiger charge is 2.29. The van der Waals surface area contributed by atoms with Crippen LogP contribution in [0.25, 0.3) is 10.9 Å². The zero-order valence-corrected chi connectivity index (χ0v) is 17.9. The highest BCUT2D eigenvalue weighted by atomic mass is 16.4. The number of nitrogens with two attached hydrogens (primary N) is 1. The van der Waals surface area contributed by atoms with E-state index in [0.717, 1.165) is 16.5 Å². The number of aliphatic carboxylic acids is 1. The molecule has 2 rings (SSSR count). The number of aromatic amines is 1. The summed E-state index contributed by atoms with van der Waals surface area (Å²) in [6.45, 7) is 7.41. The molecule has 3 atom stereocenters. The smallest absolute Gasteiger partial charge is 0.326 e. The van der Waals surface area contributed by atoms with Crippen LogP contribution in [0.1, 0.15) is 39.7 Å². The van der Waals surface area contributed by atoms with Crippen molar-refractivity contribution in [2.45, 2.75) is 58.7 Å². The number of hydrogen-bond donors (Lipinski definition) is 5. The lowest BCUT2D eigenvalue weighted by atomic mass is 10.00. The number of hydrogen-bond acceptors (Lipinski definition) is 4. The summed E-state index contributed by atoms with van der Waals surface area (Å²) >= 11 is 0. The molecular formula is C22H32N4O4. The third kappa shape index (κ3) is 6.06. The lowest BCUT2D eigenvalue weighted by molar-refractivity contribution is -0.142. The Morgan fingerprint density at radius 2 is 1.67 bits per heavy atom. The maximum atomic E-state index is 13.0. The van der Waals surface area contributed by atoms with Crippen molar-refractivity contribution < 1.29 is 19.5 Å². The SMILES string of the molecule is CC(C)CC(NC(=O)C(Cc1c[nH]c2ccccc12)NC(=O)C(N)C(C)C)C(=O)O. The summed E-state index contributed by atoms with van der Waals surface area (Å²) < 4.78 is 0. The van der Waals surface area contributed by atoms with Gasteiger partial charge in [-0.05, 0) is 29.9 Å². The maximum Gasteiger partial charge on any atom is 0.326 e. The summed E-state index contributed by atoms with van der Waals surface area (Å²) in [5.41, 5.74) is 7.71. The highest BCUT2D eigenvalue weighted by molar-refractivity contribution is 5.93. The predicted octanol–water partition coefficient (Wildman–Crippen LogP) is 1.79. The highest BCUT2D eigenvalue weighted by Crippen LogP contribution is 2.19. The van der Waals surface area contributed by atoms with Crippen molar-refractivity contribution in [1.29, 1.82) is 0 Å². The normalized spacial score (nSPS) is 14.5. The van der Waals surface area contributed by atoms with Gasteiger partial charge in [-0.1, -0.05) is 45.9 Å². The topological polar surface area (TPSA) is 137 Å². The number of carboxylic acids is 1. The van der Waals surface area contributed by atoms with Gasteiger partial charge >= 0.3 is 5.97 Å². The molecule has 0 aliphatic carbocycles. The number of fused-ring (bicyclic) bond motifs is 1. The number of carbonyl (C=O) groups excluding carboxylic acids is 2. The minimum atomic E-state index is -1.10. The Balaban J connectivity index is 2.26. The van der Waals surface area contributed by atoms with Crippen LogP contribution >= 0.6 is 0 Å². The van der Waals surface area contributed by atoms with Crippen molar-refractivity contribution in [2.24, 2.45) is 17.6 Å². The number of carbonyl (C=O) groups is 3. The van der Waals surface area contributed by atoms with Crippen molar-refractivity contribution in [3.8, 4) is 0 Å². The molecule has 0 saturated heterocycles. The second-order valence-corrected chi connectivity index (χ2v) is 8.42. The van der Waals surface area contributed by atoms with Gasteiger partial charge in [0, 0.05) is 23.5 Å². The Morgan fingerprint density at radius 1 is 1.03 bits per heavy atom. The summed E-state index contributed by atoms with van der Waals surface area (Å²) in [4.78, 5) is 40.3. The van der Waals surface area contributed by atoms with E-state index in [1.54, 1.807) is 6.20 Å². The van der Waals surface area contributed by atoms with E-state index in [1.807, 2.05) is 52.0 Å². The fraction of sp³-hybridized carbons (Fsp3) is 0.500. The molecule has 3 unspecified atom stereocenters. The van der Waals surface area contributed by atoms with Crippen molar-refractivity contribution in [1.82, 2.24) is 15.6 Å². The lowest BCUT2D eigenvalue weighted by Crippen LogP contribution is -2.56. The fourth-order valence-corrected chi connectivity index (χ4v) is 3.27. The fourth-order valence-electron chi connectivity index (χ4n) is 3.27. The number of aromatic nitrogens is 1. The van der Waals surface area contributed by atoms with Crippen LogP contribution < -0.4 is 16.4 Å². The van der Waals surface area contributed by atoms with Crippen molar-refractivity contribution in [3.63, 3.8) is 0 Å². The van der Waals surface area contributed by atoms with Gasteiger partial charge in [-0.3, -0.25) is 9.59 Å². The van der Waals surface area contributed by atoms with E-state index in [-0.39, 0.29) is 18.3 Å². The number of H-pyrrole nitrogens is 1. The van der Waals surface area contributed by atoms with Crippen molar-refractivity contribution in [2.75, 3.05) is 0 Å². The third-order valence-electron chi connectivity index (χ3n) is 5.07. The molecule has 2 aromatic rings. The number of para-hydroxylation sites is 1. The van der Waals surface area contributed by atoms with Crippen LogP contribution in [-0.2, 0) is 20.8 Å². The maximum absolute atomic E-state index is 13.0. The van der Waals surface area contributed by atoms with Crippen LogP contribution in [0.2, 0.25) is 0 Å². The van der Waals surface area contributed by atoms with Crippen molar-refractivity contribution >= 4 is 28.7 Å². The van der Waals surface area contributed by atoms with Crippen LogP contribution in [0.5, 0.6) is 0 Å². The Labute approximate surface area is 176 Å². The standard InChI is InChI=1S/C22H32N4O4/c1-12(2)9-18(22(29)30)26-20(27)17(25-21(28)19(23)13(3)4)10-14-11-24-16-8-6-5-7-15(14)16/h5-8,11-13,17-19,24H,9-10,23H2,1-4H3,(H,25,28)(H,26,27)(H,29,30). The van der Waals surface area contributed by atoms with E-state index in [0.29, 0.717) is 6.42 Å². The number of rotatable bonds is 10. The molecule has 6 N–H and O–H groups in total. The molecule has 1 aromatic heterocycles. The van der Waals surface area contributed by atoms with E-state index < -0.39 is 35.9 Å². The third-order valence-corrected chi connectivity index (χ3v) is 5.07. The van der Waals surface area contributed by atoms with Crippen molar-refractivity contribution in [3.05, 3.63) is 36.0 Å². The van der Waals surface area contributed by atoms with Gasteiger partial charge in [0.05, 0.1) is 6.04 Å². The van der Waals surface area contributed by atoms with E-state index in [9.17, 15) is 19.5 Å². The Morgan fingerprint density at radius 3 is 2.27 bits per heavy atom. The molecule has 2 amide bonds. The molecule has 0 aliphatic heterocycles. The molecular weight excluding hydrogens is 384 g/mol. The summed E-state index contributed by atoms with van der Waals surface area (Å²) in [5, 5.41) is 15.7. The van der Waals surface area contributed by atoms with Crippen LogP contribution in [0, 0.1) is 11.8 Å². The van der Waals surface area contributed by atoms with E-state index >= 15 is 0 Å². The molecule has 1 heterocycles. The van der Waals surface area contributed by atoms with Crippen LogP contribution in [0.15, 0.2) is 30.5 Å². The minimum Gasteiger partial charge on any atom is -0.480 e.